The smallest absolute Gasteiger partial charge is 0.269 e. The second kappa shape index (κ2) is 6.12. The highest BCUT2D eigenvalue weighted by molar-refractivity contribution is 5.35. The number of nitro groups is 1. The Bertz CT molecular complexity index is 446. The highest BCUT2D eigenvalue weighted by Crippen LogP contribution is 2.35. The van der Waals surface area contributed by atoms with E-state index in [1.165, 1.54) is 18.9 Å². The second-order valence-electron chi connectivity index (χ2n) is 5.20. The molecule has 1 aromatic carbocycles. The summed E-state index contributed by atoms with van der Waals surface area (Å²) in [6, 6.07) is 7.08. The van der Waals surface area contributed by atoms with Gasteiger partial charge in [-0.1, -0.05) is 12.1 Å². The highest BCUT2D eigenvalue weighted by atomic mass is 16.6. The van der Waals surface area contributed by atoms with Crippen LogP contribution in [0.25, 0.3) is 0 Å². The molecule has 0 amide bonds. The van der Waals surface area contributed by atoms with E-state index in [1.807, 2.05) is 13.0 Å². The number of aliphatic hydroxyl groups is 1. The van der Waals surface area contributed by atoms with E-state index in [0.29, 0.717) is 12.0 Å². The van der Waals surface area contributed by atoms with Crippen molar-refractivity contribution in [2.75, 3.05) is 6.61 Å². The van der Waals surface area contributed by atoms with Gasteiger partial charge >= 0.3 is 0 Å². The third-order valence-electron chi connectivity index (χ3n) is 3.68. The molecule has 0 saturated heterocycles. The molecule has 0 heterocycles. The van der Waals surface area contributed by atoms with Crippen molar-refractivity contribution < 1.29 is 10.0 Å². The number of hydrogen-bond acceptors (Lipinski definition) is 4. The minimum absolute atomic E-state index is 0.0528. The van der Waals surface area contributed by atoms with E-state index < -0.39 is 0 Å². The van der Waals surface area contributed by atoms with Crippen molar-refractivity contribution in [1.82, 2.24) is 5.32 Å². The van der Waals surface area contributed by atoms with Gasteiger partial charge < -0.3 is 10.4 Å². The van der Waals surface area contributed by atoms with Crippen LogP contribution in [-0.4, -0.2) is 22.7 Å². The van der Waals surface area contributed by atoms with Gasteiger partial charge in [0.25, 0.3) is 5.69 Å². The summed E-state index contributed by atoms with van der Waals surface area (Å²) < 4.78 is 0. The average Bonchev–Trinajstić information content (AvgIpc) is 3.22. The molecular formula is C14H20N2O3. The van der Waals surface area contributed by atoms with Crippen LogP contribution in [0.15, 0.2) is 24.3 Å². The molecule has 1 fully saturated rings. The molecule has 0 aliphatic heterocycles. The number of rotatable bonds is 7. The lowest BCUT2D eigenvalue weighted by molar-refractivity contribution is -0.384. The zero-order valence-electron chi connectivity index (χ0n) is 11.1. The lowest BCUT2D eigenvalue weighted by atomic mass is 10.0. The summed E-state index contributed by atoms with van der Waals surface area (Å²) in [5.74, 6) is 0.647. The minimum atomic E-state index is -0.373. The number of non-ortho nitro benzene ring substituents is 1. The van der Waals surface area contributed by atoms with Crippen molar-refractivity contribution in [2.45, 2.75) is 38.3 Å². The number of aliphatic hydroxyl groups excluding tert-OH is 1. The summed E-state index contributed by atoms with van der Waals surface area (Å²) in [6.45, 7) is 2.18. The van der Waals surface area contributed by atoms with Gasteiger partial charge in [0.2, 0.25) is 0 Å². The second-order valence-corrected chi connectivity index (χ2v) is 5.20. The van der Waals surface area contributed by atoms with E-state index in [9.17, 15) is 10.1 Å². The Hall–Kier alpha value is -1.46. The van der Waals surface area contributed by atoms with Gasteiger partial charge in [0, 0.05) is 30.8 Å². The first-order chi connectivity index (χ1) is 9.11. The summed E-state index contributed by atoms with van der Waals surface area (Å²) in [6.07, 6.45) is 3.16. The van der Waals surface area contributed by atoms with Gasteiger partial charge in [-0.05, 0) is 37.7 Å². The fourth-order valence-electron chi connectivity index (χ4n) is 2.42. The highest BCUT2D eigenvalue weighted by Gasteiger charge is 2.31. The molecule has 1 aliphatic carbocycles. The van der Waals surface area contributed by atoms with E-state index >= 15 is 0 Å². The molecule has 2 unspecified atom stereocenters. The van der Waals surface area contributed by atoms with E-state index in [1.54, 1.807) is 12.1 Å². The van der Waals surface area contributed by atoms with Gasteiger partial charge in [-0.2, -0.15) is 0 Å². The molecule has 5 nitrogen and oxygen atoms in total. The first kappa shape index (κ1) is 14.0. The van der Waals surface area contributed by atoms with Gasteiger partial charge in [0.05, 0.1) is 4.92 Å². The average molecular weight is 264 g/mol. The predicted molar refractivity (Wildman–Crippen MR) is 72.9 cm³/mol. The summed E-state index contributed by atoms with van der Waals surface area (Å²) >= 11 is 0. The molecule has 19 heavy (non-hydrogen) atoms. The summed E-state index contributed by atoms with van der Waals surface area (Å²) in [7, 11) is 0. The van der Waals surface area contributed by atoms with Crippen molar-refractivity contribution in [3.63, 3.8) is 0 Å². The quantitative estimate of drug-likeness (QED) is 0.585. The zero-order chi connectivity index (χ0) is 13.8. The van der Waals surface area contributed by atoms with Crippen LogP contribution in [0.5, 0.6) is 0 Å². The summed E-state index contributed by atoms with van der Waals surface area (Å²) in [5.41, 5.74) is 1.04. The topological polar surface area (TPSA) is 75.4 Å². The summed E-state index contributed by atoms with van der Waals surface area (Å²) in [4.78, 5) is 10.4. The van der Waals surface area contributed by atoms with Crippen LogP contribution in [0.2, 0.25) is 0 Å². The molecule has 2 atom stereocenters. The fourth-order valence-corrected chi connectivity index (χ4v) is 2.42. The molecule has 1 aromatic rings. The molecule has 2 N–H and O–H groups in total. The number of nitrogens with zero attached hydrogens (tertiary/aromatic N) is 1. The standard InChI is InChI=1S/C14H20N2O3/c1-10(15-14(7-8-17)11-5-6-11)12-3-2-4-13(9-12)16(18)19/h2-4,9-11,14-15,17H,5-8H2,1H3. The largest absolute Gasteiger partial charge is 0.396 e. The Balaban J connectivity index is 2.03. The zero-order valence-corrected chi connectivity index (χ0v) is 11.1. The van der Waals surface area contributed by atoms with Gasteiger partial charge in [-0.3, -0.25) is 10.1 Å². The monoisotopic (exact) mass is 264 g/mol. The van der Waals surface area contributed by atoms with E-state index in [0.717, 1.165) is 12.0 Å². The molecular weight excluding hydrogens is 244 g/mol. The molecule has 0 spiro atoms. The van der Waals surface area contributed by atoms with Gasteiger partial charge in [-0.25, -0.2) is 0 Å². The summed E-state index contributed by atoms with van der Waals surface area (Å²) in [5, 5.41) is 23.3. The van der Waals surface area contributed by atoms with Crippen LogP contribution < -0.4 is 5.32 Å². The van der Waals surface area contributed by atoms with Crippen LogP contribution in [0.1, 0.15) is 37.8 Å². The van der Waals surface area contributed by atoms with Crippen LogP contribution in [0, 0.1) is 16.0 Å². The van der Waals surface area contributed by atoms with Gasteiger partial charge in [0.1, 0.15) is 0 Å². The van der Waals surface area contributed by atoms with E-state index in [4.69, 9.17) is 5.11 Å². The lowest BCUT2D eigenvalue weighted by Crippen LogP contribution is -2.34. The minimum Gasteiger partial charge on any atom is -0.396 e. The van der Waals surface area contributed by atoms with Crippen LogP contribution >= 0.6 is 0 Å². The van der Waals surface area contributed by atoms with E-state index in [2.05, 4.69) is 5.32 Å². The molecule has 0 aromatic heterocycles. The normalized spacial score (nSPS) is 18.0. The van der Waals surface area contributed by atoms with Crippen LogP contribution in [-0.2, 0) is 0 Å². The third-order valence-corrected chi connectivity index (χ3v) is 3.68. The number of nitrogens with one attached hydrogen (secondary N) is 1. The van der Waals surface area contributed by atoms with E-state index in [-0.39, 0.29) is 23.3 Å². The Morgan fingerprint density at radius 2 is 2.26 bits per heavy atom. The Morgan fingerprint density at radius 3 is 2.84 bits per heavy atom. The molecule has 2 rings (SSSR count). The molecule has 104 valence electrons. The molecule has 5 heteroatoms. The van der Waals surface area contributed by atoms with Crippen LogP contribution in [0.3, 0.4) is 0 Å². The Labute approximate surface area is 112 Å². The fraction of sp³-hybridized carbons (Fsp3) is 0.571. The van der Waals surface area contributed by atoms with Crippen molar-refractivity contribution in [3.8, 4) is 0 Å². The maximum absolute atomic E-state index is 10.8. The van der Waals surface area contributed by atoms with Crippen molar-refractivity contribution in [2.24, 2.45) is 5.92 Å². The molecule has 0 radical (unpaired) electrons. The van der Waals surface area contributed by atoms with Crippen molar-refractivity contribution in [3.05, 3.63) is 39.9 Å². The SMILES string of the molecule is CC(NC(CCO)C1CC1)c1cccc([N+](=O)[O-])c1. The van der Waals surface area contributed by atoms with Gasteiger partial charge in [-0.15, -0.1) is 0 Å². The Kier molecular flexibility index (Phi) is 4.50. The maximum atomic E-state index is 10.8. The number of benzene rings is 1. The number of hydrogen-bond donors (Lipinski definition) is 2. The first-order valence-corrected chi connectivity index (χ1v) is 6.73. The Morgan fingerprint density at radius 1 is 1.53 bits per heavy atom. The van der Waals surface area contributed by atoms with Crippen molar-refractivity contribution in [1.29, 1.82) is 0 Å². The molecule has 0 bridgehead atoms. The first-order valence-electron chi connectivity index (χ1n) is 6.73. The van der Waals surface area contributed by atoms with Crippen LogP contribution in [0.4, 0.5) is 5.69 Å². The lowest BCUT2D eigenvalue weighted by Gasteiger charge is -2.23. The number of nitro benzene ring substituents is 1. The molecule has 1 aliphatic rings. The predicted octanol–water partition coefficient (Wildman–Crippen LogP) is 2.41. The molecule has 1 saturated carbocycles. The van der Waals surface area contributed by atoms with Gasteiger partial charge in [0.15, 0.2) is 0 Å². The third kappa shape index (κ3) is 3.75. The van der Waals surface area contributed by atoms with Crippen molar-refractivity contribution >= 4 is 5.69 Å². The maximum Gasteiger partial charge on any atom is 0.269 e.